The van der Waals surface area contributed by atoms with Crippen LogP contribution < -0.4 is 10.1 Å². The Bertz CT molecular complexity index is 402. The summed E-state index contributed by atoms with van der Waals surface area (Å²) in [5.41, 5.74) is 1.38. The number of ether oxygens (including phenoxy) is 2. The maximum absolute atomic E-state index is 5.37. The second kappa shape index (κ2) is 9.82. The number of nitrogens with zero attached hydrogens (tertiary/aromatic N) is 1. The van der Waals surface area contributed by atoms with Crippen LogP contribution >= 0.6 is 0 Å². The first-order valence-corrected chi connectivity index (χ1v) is 8.44. The predicted molar refractivity (Wildman–Crippen MR) is 90.7 cm³/mol. The van der Waals surface area contributed by atoms with Crippen molar-refractivity contribution < 1.29 is 9.47 Å². The fourth-order valence-electron chi connectivity index (χ4n) is 2.75. The predicted octanol–water partition coefficient (Wildman–Crippen LogP) is 2.33. The molecular formula is C18H30N2O2. The van der Waals surface area contributed by atoms with Gasteiger partial charge in [-0.3, -0.25) is 4.90 Å². The van der Waals surface area contributed by atoms with Gasteiger partial charge in [0.2, 0.25) is 0 Å². The first kappa shape index (κ1) is 17.3. The van der Waals surface area contributed by atoms with Gasteiger partial charge in [0.15, 0.2) is 0 Å². The van der Waals surface area contributed by atoms with E-state index in [9.17, 15) is 0 Å². The van der Waals surface area contributed by atoms with E-state index in [0.29, 0.717) is 6.04 Å². The van der Waals surface area contributed by atoms with Crippen molar-refractivity contribution in [1.82, 2.24) is 10.2 Å². The highest BCUT2D eigenvalue weighted by Gasteiger charge is 2.09. The maximum Gasteiger partial charge on any atom is 0.118 e. The van der Waals surface area contributed by atoms with E-state index in [2.05, 4.69) is 29.3 Å². The van der Waals surface area contributed by atoms with Crippen LogP contribution in [0, 0.1) is 0 Å². The lowest BCUT2D eigenvalue weighted by Gasteiger charge is -2.26. The molecule has 0 radical (unpaired) electrons. The number of hydrogen-bond acceptors (Lipinski definition) is 4. The van der Waals surface area contributed by atoms with Crippen molar-refractivity contribution in [3.05, 3.63) is 29.8 Å². The van der Waals surface area contributed by atoms with Crippen LogP contribution in [0.2, 0.25) is 0 Å². The largest absolute Gasteiger partial charge is 0.497 e. The fourth-order valence-corrected chi connectivity index (χ4v) is 2.75. The Morgan fingerprint density at radius 2 is 1.95 bits per heavy atom. The Morgan fingerprint density at radius 1 is 1.23 bits per heavy atom. The minimum Gasteiger partial charge on any atom is -0.497 e. The highest BCUT2D eigenvalue weighted by Crippen LogP contribution is 2.13. The summed E-state index contributed by atoms with van der Waals surface area (Å²) in [4.78, 5) is 2.49. The first-order chi connectivity index (χ1) is 10.8. The van der Waals surface area contributed by atoms with Gasteiger partial charge in [-0.1, -0.05) is 12.1 Å². The quantitative estimate of drug-likeness (QED) is 0.710. The van der Waals surface area contributed by atoms with Gasteiger partial charge >= 0.3 is 0 Å². The van der Waals surface area contributed by atoms with Gasteiger partial charge in [-0.05, 0) is 57.0 Å². The Labute approximate surface area is 134 Å². The first-order valence-electron chi connectivity index (χ1n) is 8.44. The van der Waals surface area contributed by atoms with Crippen molar-refractivity contribution >= 4 is 0 Å². The van der Waals surface area contributed by atoms with Crippen LogP contribution in [0.15, 0.2) is 24.3 Å². The molecule has 0 spiro atoms. The third kappa shape index (κ3) is 6.34. The average Bonchev–Trinajstić information content (AvgIpc) is 2.58. The van der Waals surface area contributed by atoms with Crippen LogP contribution in [0.5, 0.6) is 5.75 Å². The standard InChI is InChI=1S/C18H30N2O2/c1-16(4-5-17-6-8-18(21-2)9-7-17)19-10-3-11-20-12-14-22-15-13-20/h6-9,16,19H,3-5,10-15H2,1-2H3/t16-/m1/s1. The molecule has 0 unspecified atom stereocenters. The van der Waals surface area contributed by atoms with Crippen molar-refractivity contribution in [1.29, 1.82) is 0 Å². The molecule has 1 fully saturated rings. The normalized spacial score (nSPS) is 17.4. The minimum atomic E-state index is 0.562. The number of methoxy groups -OCH3 is 1. The van der Waals surface area contributed by atoms with Crippen LogP contribution in [-0.2, 0) is 11.2 Å². The van der Waals surface area contributed by atoms with E-state index in [1.165, 1.54) is 24.9 Å². The smallest absolute Gasteiger partial charge is 0.118 e. The topological polar surface area (TPSA) is 33.7 Å². The lowest BCUT2D eigenvalue weighted by molar-refractivity contribution is 0.0374. The zero-order chi connectivity index (χ0) is 15.6. The monoisotopic (exact) mass is 306 g/mol. The molecule has 1 heterocycles. The van der Waals surface area contributed by atoms with Gasteiger partial charge in [0.05, 0.1) is 20.3 Å². The molecule has 1 aromatic carbocycles. The molecule has 0 aliphatic carbocycles. The second-order valence-corrected chi connectivity index (χ2v) is 6.05. The summed E-state index contributed by atoms with van der Waals surface area (Å²) in [7, 11) is 1.71. The van der Waals surface area contributed by atoms with E-state index in [-0.39, 0.29) is 0 Å². The number of rotatable bonds is 9. The fraction of sp³-hybridized carbons (Fsp3) is 0.667. The number of morpholine rings is 1. The van der Waals surface area contributed by atoms with Gasteiger partial charge in [-0.15, -0.1) is 0 Å². The lowest BCUT2D eigenvalue weighted by atomic mass is 10.1. The Kier molecular flexibility index (Phi) is 7.71. The molecule has 1 aromatic rings. The van der Waals surface area contributed by atoms with E-state index in [1.807, 2.05) is 12.1 Å². The molecule has 1 aliphatic heterocycles. The lowest BCUT2D eigenvalue weighted by Crippen LogP contribution is -2.38. The van der Waals surface area contributed by atoms with Crippen LogP contribution in [0.3, 0.4) is 0 Å². The molecule has 22 heavy (non-hydrogen) atoms. The zero-order valence-corrected chi connectivity index (χ0v) is 14.0. The molecular weight excluding hydrogens is 276 g/mol. The number of benzene rings is 1. The summed E-state index contributed by atoms with van der Waals surface area (Å²) >= 11 is 0. The van der Waals surface area contributed by atoms with Gasteiger partial charge in [-0.25, -0.2) is 0 Å². The van der Waals surface area contributed by atoms with Crippen molar-refractivity contribution in [2.24, 2.45) is 0 Å². The van der Waals surface area contributed by atoms with Crippen molar-refractivity contribution in [3.8, 4) is 5.75 Å². The average molecular weight is 306 g/mol. The van der Waals surface area contributed by atoms with E-state index in [1.54, 1.807) is 7.11 Å². The molecule has 1 aliphatic rings. The number of aryl methyl sites for hydroxylation is 1. The van der Waals surface area contributed by atoms with Crippen LogP contribution in [0.1, 0.15) is 25.3 Å². The summed E-state index contributed by atoms with van der Waals surface area (Å²) in [6.07, 6.45) is 3.50. The summed E-state index contributed by atoms with van der Waals surface area (Å²) in [5.74, 6) is 0.929. The van der Waals surface area contributed by atoms with Crippen LogP contribution in [0.4, 0.5) is 0 Å². The van der Waals surface area contributed by atoms with Crippen LogP contribution in [-0.4, -0.2) is 57.4 Å². The SMILES string of the molecule is COc1ccc(CC[C@@H](C)NCCCN2CCOCC2)cc1. The molecule has 0 amide bonds. The molecule has 0 bridgehead atoms. The van der Waals surface area contributed by atoms with E-state index in [0.717, 1.165) is 45.0 Å². The minimum absolute atomic E-state index is 0.562. The van der Waals surface area contributed by atoms with E-state index >= 15 is 0 Å². The van der Waals surface area contributed by atoms with Crippen molar-refractivity contribution in [2.45, 2.75) is 32.2 Å². The van der Waals surface area contributed by atoms with Gasteiger partial charge in [-0.2, -0.15) is 0 Å². The van der Waals surface area contributed by atoms with Gasteiger partial charge < -0.3 is 14.8 Å². The van der Waals surface area contributed by atoms with Gasteiger partial charge in [0.25, 0.3) is 0 Å². The molecule has 1 N–H and O–H groups in total. The Morgan fingerprint density at radius 3 is 2.64 bits per heavy atom. The molecule has 4 nitrogen and oxygen atoms in total. The summed E-state index contributed by atoms with van der Waals surface area (Å²) < 4.78 is 10.6. The summed E-state index contributed by atoms with van der Waals surface area (Å²) in [6, 6.07) is 8.95. The molecule has 4 heteroatoms. The maximum atomic E-state index is 5.37. The summed E-state index contributed by atoms with van der Waals surface area (Å²) in [6.45, 7) is 8.53. The number of hydrogen-bond donors (Lipinski definition) is 1. The second-order valence-electron chi connectivity index (χ2n) is 6.05. The van der Waals surface area contributed by atoms with E-state index in [4.69, 9.17) is 9.47 Å². The van der Waals surface area contributed by atoms with Crippen molar-refractivity contribution in [3.63, 3.8) is 0 Å². The molecule has 1 atom stereocenters. The third-order valence-corrected chi connectivity index (χ3v) is 4.27. The molecule has 2 rings (SSSR count). The van der Waals surface area contributed by atoms with Gasteiger partial charge in [0.1, 0.15) is 5.75 Å². The zero-order valence-electron chi connectivity index (χ0n) is 14.0. The highest BCUT2D eigenvalue weighted by atomic mass is 16.5. The Balaban J connectivity index is 1.54. The molecule has 0 aromatic heterocycles. The van der Waals surface area contributed by atoms with Crippen LogP contribution in [0.25, 0.3) is 0 Å². The molecule has 0 saturated carbocycles. The summed E-state index contributed by atoms with van der Waals surface area (Å²) in [5, 5.41) is 3.63. The van der Waals surface area contributed by atoms with Crippen molar-refractivity contribution in [2.75, 3.05) is 46.5 Å². The number of nitrogens with one attached hydrogen (secondary N) is 1. The molecule has 124 valence electrons. The van der Waals surface area contributed by atoms with Gasteiger partial charge in [0, 0.05) is 19.1 Å². The van der Waals surface area contributed by atoms with E-state index < -0.39 is 0 Å². The highest BCUT2D eigenvalue weighted by molar-refractivity contribution is 5.27. The molecule has 1 saturated heterocycles. The Hall–Kier alpha value is -1.10. The third-order valence-electron chi connectivity index (χ3n) is 4.27.